The second-order valence-electron chi connectivity index (χ2n) is 12.1. The van der Waals surface area contributed by atoms with Crippen LogP contribution < -0.4 is 4.90 Å². The summed E-state index contributed by atoms with van der Waals surface area (Å²) in [6.45, 7) is 0. The Kier molecular flexibility index (Phi) is 5.41. The van der Waals surface area contributed by atoms with Crippen LogP contribution in [0, 0.1) is 0 Å². The van der Waals surface area contributed by atoms with E-state index in [1.54, 1.807) is 36.4 Å². The van der Waals surface area contributed by atoms with E-state index in [4.69, 9.17) is 8.22 Å². The highest BCUT2D eigenvalue weighted by Gasteiger charge is 2.16. The maximum atomic E-state index is 9.56. The van der Waals surface area contributed by atoms with Crippen LogP contribution in [0.15, 0.2) is 212 Å². The first-order valence-corrected chi connectivity index (χ1v) is 16.6. The fourth-order valence-electron chi connectivity index (χ4n) is 6.51. The summed E-state index contributed by atoms with van der Waals surface area (Å²) in [5.41, 5.74) is 5.68. The molecule has 9 aromatic carbocycles. The van der Waals surface area contributed by atoms with Gasteiger partial charge in [-0.05, 0) is 97.0 Å². The smallest absolute Gasteiger partial charge is 0.0645 e. The zero-order valence-corrected chi connectivity index (χ0v) is 27.3. The molecule has 0 amide bonds. The number of benzene rings is 9. The largest absolute Gasteiger partial charge is 0.310 e. The molecule has 1 heteroatoms. The normalized spacial score (nSPS) is 14.2. The molecule has 51 heavy (non-hydrogen) atoms. The van der Waals surface area contributed by atoms with Crippen molar-refractivity contribution in [3.05, 3.63) is 212 Å². The number of nitrogens with zero attached hydrogens (tertiary/aromatic N) is 1. The van der Waals surface area contributed by atoms with Crippen LogP contribution in [0.25, 0.3) is 66.1 Å². The molecule has 0 unspecified atom stereocenters. The Balaban J connectivity index is 1.26. The average Bonchev–Trinajstić information content (AvgIpc) is 3.31. The third-order valence-corrected chi connectivity index (χ3v) is 9.05. The molecular formula is C50H35N. The Hall–Kier alpha value is -6.70. The minimum atomic E-state index is -0.630. The lowest BCUT2D eigenvalue weighted by Gasteiger charge is -2.27. The molecular weight excluding hydrogens is 615 g/mol. The van der Waals surface area contributed by atoms with Gasteiger partial charge in [0.05, 0.1) is 20.8 Å². The van der Waals surface area contributed by atoms with Crippen molar-refractivity contribution in [1.82, 2.24) is 0 Å². The predicted octanol–water partition coefficient (Wildman–Crippen LogP) is 14.1. The molecule has 240 valence electrons. The second kappa shape index (κ2) is 13.3. The highest BCUT2D eigenvalue weighted by molar-refractivity contribution is 6.00. The molecule has 0 aromatic heterocycles. The SMILES string of the molecule is [2H]c1c([2H])c(N(c2ccc(-c3ccc(-c4ccccc4)cc3)cc2)c2c([2H])c([2H])c([2H])c3c([2H])c([2H])c([2H])c([2H])c23)c([2H])c([2H])c1-c1cccc(-c2cccc3ccccc23)c1. The van der Waals surface area contributed by atoms with Crippen molar-refractivity contribution in [3.8, 4) is 44.5 Å². The molecule has 9 rings (SSSR count). The zero-order valence-electron chi connectivity index (χ0n) is 38.3. The third kappa shape index (κ3) is 5.96. The van der Waals surface area contributed by atoms with Crippen LogP contribution in [0.1, 0.15) is 15.1 Å². The monoisotopic (exact) mass is 660 g/mol. The van der Waals surface area contributed by atoms with Crippen molar-refractivity contribution in [2.45, 2.75) is 0 Å². The van der Waals surface area contributed by atoms with Crippen molar-refractivity contribution >= 4 is 38.6 Å². The van der Waals surface area contributed by atoms with E-state index in [9.17, 15) is 6.85 Å². The molecule has 0 saturated carbocycles. The average molecular weight is 661 g/mol. The summed E-state index contributed by atoms with van der Waals surface area (Å²) < 4.78 is 99.7. The Morgan fingerprint density at radius 1 is 0.333 bits per heavy atom. The Morgan fingerprint density at radius 2 is 0.922 bits per heavy atom. The number of hydrogen-bond donors (Lipinski definition) is 0. The Bertz CT molecular complexity index is 3200. The summed E-state index contributed by atoms with van der Waals surface area (Å²) in [5.74, 6) is 0. The van der Waals surface area contributed by atoms with E-state index in [1.807, 2.05) is 109 Å². The third-order valence-electron chi connectivity index (χ3n) is 9.05. The van der Waals surface area contributed by atoms with Crippen LogP contribution in [0.4, 0.5) is 17.1 Å². The zero-order chi connectivity index (χ0) is 43.6. The number of hydrogen-bond acceptors (Lipinski definition) is 1. The van der Waals surface area contributed by atoms with Gasteiger partial charge in [0.2, 0.25) is 0 Å². The van der Waals surface area contributed by atoms with Crippen LogP contribution in [-0.2, 0) is 0 Å². The lowest BCUT2D eigenvalue weighted by atomic mass is 9.95. The molecule has 0 fully saturated rings. The lowest BCUT2D eigenvalue weighted by Crippen LogP contribution is -2.10. The minimum absolute atomic E-state index is 0.0423. The molecule has 1 nitrogen and oxygen atoms in total. The van der Waals surface area contributed by atoms with Gasteiger partial charge in [0.1, 0.15) is 0 Å². The van der Waals surface area contributed by atoms with Gasteiger partial charge in [-0.3, -0.25) is 0 Å². The quantitative estimate of drug-likeness (QED) is 0.164. The van der Waals surface area contributed by atoms with Gasteiger partial charge in [-0.1, -0.05) is 176 Å². The highest BCUT2D eigenvalue weighted by atomic mass is 15.1. The summed E-state index contributed by atoms with van der Waals surface area (Å²) in [7, 11) is 0. The Labute approximate surface area is 314 Å². The van der Waals surface area contributed by atoms with Gasteiger partial charge in [-0.15, -0.1) is 0 Å². The van der Waals surface area contributed by atoms with Gasteiger partial charge < -0.3 is 4.90 Å². The van der Waals surface area contributed by atoms with E-state index in [0.29, 0.717) is 5.56 Å². The van der Waals surface area contributed by atoms with Crippen LogP contribution in [0.2, 0.25) is 0 Å². The summed E-state index contributed by atoms with van der Waals surface area (Å²) in [6.07, 6.45) is 0. The molecule has 9 aromatic rings. The molecule has 0 radical (unpaired) electrons. The first kappa shape index (κ1) is 20.7. The first-order valence-electron chi connectivity index (χ1n) is 22.1. The van der Waals surface area contributed by atoms with E-state index in [-0.39, 0.29) is 45.5 Å². The first-order chi connectivity index (χ1) is 29.9. The van der Waals surface area contributed by atoms with Gasteiger partial charge in [0.25, 0.3) is 0 Å². The summed E-state index contributed by atoms with van der Waals surface area (Å²) in [6, 6.07) is 40.2. The molecule has 0 aliphatic carbocycles. The molecule has 0 aliphatic heterocycles. The van der Waals surface area contributed by atoms with Gasteiger partial charge in [-0.25, -0.2) is 0 Å². The van der Waals surface area contributed by atoms with Crippen LogP contribution in [0.5, 0.6) is 0 Å². The van der Waals surface area contributed by atoms with E-state index in [0.717, 1.165) is 44.2 Å². The molecule has 0 saturated heterocycles. The van der Waals surface area contributed by atoms with Crippen LogP contribution in [-0.4, -0.2) is 0 Å². The molecule has 0 bridgehead atoms. The van der Waals surface area contributed by atoms with Gasteiger partial charge in [0, 0.05) is 16.8 Å². The lowest BCUT2D eigenvalue weighted by molar-refractivity contribution is 1.30. The van der Waals surface area contributed by atoms with E-state index in [1.165, 1.54) is 4.90 Å². The standard InChI is InChI=1S/C50H35N/c1-2-11-36(12-3-1)37-23-25-38(26-24-37)39-27-31-45(32-28-39)51(50-22-10-16-42-14-5-7-20-49(42)50)46-33-29-40(30-34-46)43-17-8-18-44(35-43)48-21-9-15-41-13-4-6-19-47(41)48/h1-35H/i5D,7D,10D,14D,16D,20D,22D,29D,30D,33D,34D. The maximum absolute atomic E-state index is 9.56. The summed E-state index contributed by atoms with van der Waals surface area (Å²) >= 11 is 0. The molecule has 0 N–H and O–H groups in total. The van der Waals surface area contributed by atoms with Crippen molar-refractivity contribution < 1.29 is 15.1 Å². The van der Waals surface area contributed by atoms with Crippen LogP contribution in [0.3, 0.4) is 0 Å². The number of rotatable bonds is 7. The van der Waals surface area contributed by atoms with E-state index in [2.05, 4.69) is 0 Å². The Morgan fingerprint density at radius 3 is 1.71 bits per heavy atom. The minimum Gasteiger partial charge on any atom is -0.310 e. The maximum Gasteiger partial charge on any atom is 0.0645 e. The fraction of sp³-hybridized carbons (Fsp3) is 0. The number of anilines is 3. The van der Waals surface area contributed by atoms with E-state index < -0.39 is 54.4 Å². The van der Waals surface area contributed by atoms with Gasteiger partial charge in [0.15, 0.2) is 0 Å². The topological polar surface area (TPSA) is 3.24 Å². The van der Waals surface area contributed by atoms with Crippen molar-refractivity contribution in [1.29, 1.82) is 0 Å². The predicted molar refractivity (Wildman–Crippen MR) is 218 cm³/mol. The molecule has 0 atom stereocenters. The fourth-order valence-corrected chi connectivity index (χ4v) is 6.51. The second-order valence-corrected chi connectivity index (χ2v) is 12.1. The van der Waals surface area contributed by atoms with Gasteiger partial charge >= 0.3 is 0 Å². The molecule has 0 aliphatic rings. The van der Waals surface area contributed by atoms with Gasteiger partial charge in [-0.2, -0.15) is 0 Å². The van der Waals surface area contributed by atoms with Crippen molar-refractivity contribution in [2.75, 3.05) is 4.90 Å². The number of fused-ring (bicyclic) bond motifs is 2. The molecule has 0 heterocycles. The van der Waals surface area contributed by atoms with Crippen molar-refractivity contribution in [3.63, 3.8) is 0 Å². The van der Waals surface area contributed by atoms with Crippen LogP contribution >= 0.6 is 0 Å². The summed E-state index contributed by atoms with van der Waals surface area (Å²) in [4.78, 5) is 1.27. The summed E-state index contributed by atoms with van der Waals surface area (Å²) in [5, 5.41) is 1.49. The van der Waals surface area contributed by atoms with E-state index >= 15 is 0 Å². The molecule has 0 spiro atoms. The van der Waals surface area contributed by atoms with Crippen molar-refractivity contribution in [2.24, 2.45) is 0 Å². The highest BCUT2D eigenvalue weighted by Crippen LogP contribution is 2.41.